The Hall–Kier alpha value is -2.95. The minimum absolute atomic E-state index is 0.0872. The SMILES string of the molecule is COc1cc(C=C2Cc3c(O)cccc3C2=O)cc(OC)c1O. The maximum atomic E-state index is 12.4. The van der Waals surface area contributed by atoms with Crippen LogP contribution in [-0.4, -0.2) is 30.2 Å². The molecule has 0 saturated carbocycles. The topological polar surface area (TPSA) is 76.0 Å². The Bertz CT molecular complexity index is 795. The number of fused-ring (bicyclic) bond motifs is 1. The monoisotopic (exact) mass is 312 g/mol. The van der Waals surface area contributed by atoms with E-state index in [1.807, 2.05) is 0 Å². The molecule has 0 radical (unpaired) electrons. The number of rotatable bonds is 3. The highest BCUT2D eigenvalue weighted by Crippen LogP contribution is 2.39. The van der Waals surface area contributed by atoms with Crippen molar-refractivity contribution in [3.63, 3.8) is 0 Å². The highest BCUT2D eigenvalue weighted by molar-refractivity contribution is 6.16. The molecule has 3 rings (SSSR count). The van der Waals surface area contributed by atoms with E-state index in [-0.39, 0.29) is 28.8 Å². The van der Waals surface area contributed by atoms with Crippen molar-refractivity contribution in [1.29, 1.82) is 0 Å². The molecule has 0 fully saturated rings. The fourth-order valence-electron chi connectivity index (χ4n) is 2.73. The molecular formula is C18H16O5. The van der Waals surface area contributed by atoms with Gasteiger partial charge in [0.15, 0.2) is 17.3 Å². The van der Waals surface area contributed by atoms with Crippen LogP contribution in [0.3, 0.4) is 0 Å². The summed E-state index contributed by atoms with van der Waals surface area (Å²) < 4.78 is 10.2. The molecule has 0 unspecified atom stereocenters. The van der Waals surface area contributed by atoms with Crippen LogP contribution < -0.4 is 9.47 Å². The lowest BCUT2D eigenvalue weighted by atomic mass is 10.1. The van der Waals surface area contributed by atoms with E-state index in [0.717, 1.165) is 0 Å². The van der Waals surface area contributed by atoms with Gasteiger partial charge >= 0.3 is 0 Å². The van der Waals surface area contributed by atoms with Crippen molar-refractivity contribution in [3.8, 4) is 23.0 Å². The molecule has 2 aromatic rings. The summed E-state index contributed by atoms with van der Waals surface area (Å²) in [6.07, 6.45) is 2.08. The lowest BCUT2D eigenvalue weighted by Gasteiger charge is -2.09. The van der Waals surface area contributed by atoms with Crippen LogP contribution in [-0.2, 0) is 6.42 Å². The third-order valence-electron chi connectivity index (χ3n) is 3.90. The smallest absolute Gasteiger partial charge is 0.200 e. The van der Waals surface area contributed by atoms with Gasteiger partial charge in [0, 0.05) is 23.1 Å². The van der Waals surface area contributed by atoms with Gasteiger partial charge in [0.1, 0.15) is 5.75 Å². The normalized spacial score (nSPS) is 14.9. The minimum Gasteiger partial charge on any atom is -0.508 e. The van der Waals surface area contributed by atoms with Gasteiger partial charge in [-0.15, -0.1) is 0 Å². The molecule has 0 saturated heterocycles. The number of carbonyl (C=O) groups is 1. The van der Waals surface area contributed by atoms with Crippen LogP contribution in [0.5, 0.6) is 23.0 Å². The Labute approximate surface area is 133 Å². The fourth-order valence-corrected chi connectivity index (χ4v) is 2.73. The molecule has 0 aromatic heterocycles. The first kappa shape index (κ1) is 15.0. The van der Waals surface area contributed by atoms with Crippen LogP contribution in [0.1, 0.15) is 21.5 Å². The minimum atomic E-state index is -0.109. The first-order chi connectivity index (χ1) is 11.0. The number of methoxy groups -OCH3 is 2. The molecule has 0 atom stereocenters. The Morgan fingerprint density at radius 2 is 1.74 bits per heavy atom. The lowest BCUT2D eigenvalue weighted by molar-refractivity contribution is 0.104. The molecule has 118 valence electrons. The van der Waals surface area contributed by atoms with Gasteiger partial charge in [-0.25, -0.2) is 0 Å². The largest absolute Gasteiger partial charge is 0.508 e. The number of aromatic hydroxyl groups is 2. The quantitative estimate of drug-likeness (QED) is 0.852. The van der Waals surface area contributed by atoms with E-state index in [0.29, 0.717) is 28.7 Å². The Morgan fingerprint density at radius 1 is 1.09 bits per heavy atom. The first-order valence-electron chi connectivity index (χ1n) is 7.06. The molecule has 2 N–H and O–H groups in total. The van der Waals surface area contributed by atoms with E-state index in [9.17, 15) is 15.0 Å². The number of hydrogen-bond donors (Lipinski definition) is 2. The third kappa shape index (κ3) is 2.50. The van der Waals surface area contributed by atoms with Crippen LogP contribution in [0.4, 0.5) is 0 Å². The number of ketones is 1. The second-order valence-corrected chi connectivity index (χ2v) is 5.25. The van der Waals surface area contributed by atoms with Crippen LogP contribution in [0.2, 0.25) is 0 Å². The van der Waals surface area contributed by atoms with Gasteiger partial charge in [-0.3, -0.25) is 4.79 Å². The van der Waals surface area contributed by atoms with Crippen molar-refractivity contribution in [2.75, 3.05) is 14.2 Å². The van der Waals surface area contributed by atoms with Crippen molar-refractivity contribution in [1.82, 2.24) is 0 Å². The number of carbonyl (C=O) groups excluding carboxylic acids is 1. The zero-order valence-electron chi connectivity index (χ0n) is 12.8. The van der Waals surface area contributed by atoms with E-state index in [4.69, 9.17) is 9.47 Å². The summed E-state index contributed by atoms with van der Waals surface area (Å²) >= 11 is 0. The summed E-state index contributed by atoms with van der Waals surface area (Å²) in [5.41, 5.74) is 2.40. The predicted molar refractivity (Wildman–Crippen MR) is 85.3 cm³/mol. The summed E-state index contributed by atoms with van der Waals surface area (Å²) in [4.78, 5) is 12.4. The number of hydrogen-bond acceptors (Lipinski definition) is 5. The molecular weight excluding hydrogens is 296 g/mol. The Balaban J connectivity index is 2.04. The summed E-state index contributed by atoms with van der Waals surface area (Å²) in [5.74, 6) is 0.460. The van der Waals surface area contributed by atoms with Crippen LogP contribution >= 0.6 is 0 Å². The third-order valence-corrected chi connectivity index (χ3v) is 3.90. The van der Waals surface area contributed by atoms with E-state index in [1.165, 1.54) is 14.2 Å². The van der Waals surface area contributed by atoms with Crippen LogP contribution in [0.15, 0.2) is 35.9 Å². The number of Topliss-reactive ketones (excluding diaryl/α,β-unsaturated/α-hetero) is 1. The van der Waals surface area contributed by atoms with Gasteiger partial charge in [0.2, 0.25) is 5.75 Å². The van der Waals surface area contributed by atoms with E-state index in [2.05, 4.69) is 0 Å². The molecule has 5 heteroatoms. The van der Waals surface area contributed by atoms with Gasteiger partial charge in [0.25, 0.3) is 0 Å². The summed E-state index contributed by atoms with van der Waals surface area (Å²) in [6, 6.07) is 8.18. The maximum absolute atomic E-state index is 12.4. The van der Waals surface area contributed by atoms with Gasteiger partial charge in [0.05, 0.1) is 14.2 Å². The van der Waals surface area contributed by atoms with Gasteiger partial charge in [-0.05, 0) is 29.8 Å². The van der Waals surface area contributed by atoms with Crippen molar-refractivity contribution >= 4 is 11.9 Å². The number of ether oxygens (including phenoxy) is 2. The van der Waals surface area contributed by atoms with Crippen molar-refractivity contribution in [2.24, 2.45) is 0 Å². The van der Waals surface area contributed by atoms with E-state index >= 15 is 0 Å². The number of phenolic OH excluding ortho intramolecular Hbond substituents is 2. The molecule has 0 heterocycles. The molecule has 1 aliphatic rings. The molecule has 2 aromatic carbocycles. The van der Waals surface area contributed by atoms with E-state index in [1.54, 1.807) is 36.4 Å². The fraction of sp³-hybridized carbons (Fsp3) is 0.167. The lowest BCUT2D eigenvalue weighted by Crippen LogP contribution is -1.96. The van der Waals surface area contributed by atoms with Gasteiger partial charge < -0.3 is 19.7 Å². The molecule has 0 spiro atoms. The number of phenols is 2. The second kappa shape index (κ2) is 5.68. The molecule has 0 aliphatic heterocycles. The number of allylic oxidation sites excluding steroid dienone is 1. The summed E-state index contributed by atoms with van der Waals surface area (Å²) in [6.45, 7) is 0. The zero-order chi connectivity index (χ0) is 16.6. The van der Waals surface area contributed by atoms with Gasteiger partial charge in [-0.2, -0.15) is 0 Å². The predicted octanol–water partition coefficient (Wildman–Crippen LogP) is 2.94. The maximum Gasteiger partial charge on any atom is 0.200 e. The number of benzene rings is 2. The Kier molecular flexibility index (Phi) is 3.70. The van der Waals surface area contributed by atoms with Crippen LogP contribution in [0, 0.1) is 0 Å². The van der Waals surface area contributed by atoms with Crippen molar-refractivity contribution in [2.45, 2.75) is 6.42 Å². The second-order valence-electron chi connectivity index (χ2n) is 5.25. The van der Waals surface area contributed by atoms with Crippen LogP contribution in [0.25, 0.3) is 6.08 Å². The first-order valence-corrected chi connectivity index (χ1v) is 7.06. The van der Waals surface area contributed by atoms with Gasteiger partial charge in [-0.1, -0.05) is 12.1 Å². The van der Waals surface area contributed by atoms with Crippen molar-refractivity contribution < 1.29 is 24.5 Å². The average Bonchev–Trinajstić information content (AvgIpc) is 2.87. The highest BCUT2D eigenvalue weighted by Gasteiger charge is 2.27. The van der Waals surface area contributed by atoms with E-state index < -0.39 is 0 Å². The molecule has 0 amide bonds. The average molecular weight is 312 g/mol. The molecule has 1 aliphatic carbocycles. The standard InChI is InChI=1S/C18H16O5/c1-22-15-7-10(8-16(23-2)18(15)21)6-11-9-13-12(17(11)20)4-3-5-14(13)19/h3-8,19,21H,9H2,1-2H3. The highest BCUT2D eigenvalue weighted by atomic mass is 16.5. The molecule has 0 bridgehead atoms. The summed E-state index contributed by atoms with van der Waals surface area (Å²) in [7, 11) is 2.89. The molecule has 5 nitrogen and oxygen atoms in total. The summed E-state index contributed by atoms with van der Waals surface area (Å²) in [5, 5.41) is 19.8. The van der Waals surface area contributed by atoms with Crippen molar-refractivity contribution in [3.05, 3.63) is 52.6 Å². The molecule has 23 heavy (non-hydrogen) atoms. The zero-order valence-corrected chi connectivity index (χ0v) is 12.8. The Morgan fingerprint density at radius 3 is 2.30 bits per heavy atom.